The van der Waals surface area contributed by atoms with Crippen LogP contribution in [0.25, 0.3) is 0 Å². The highest BCUT2D eigenvalue weighted by Crippen LogP contribution is 2.23. The number of halogens is 1. The maximum Gasteiger partial charge on any atom is 0.313 e. The van der Waals surface area contributed by atoms with Crippen molar-refractivity contribution in [3.63, 3.8) is 0 Å². The Morgan fingerprint density at radius 1 is 1.14 bits per heavy atom. The van der Waals surface area contributed by atoms with E-state index < -0.39 is 11.8 Å². The quantitative estimate of drug-likeness (QED) is 0.592. The van der Waals surface area contributed by atoms with Crippen LogP contribution in [0.3, 0.4) is 0 Å². The Hall–Kier alpha value is -2.60. The SMILES string of the molecule is Nc1ccc(NC(=O)C(=O)NCc2ccncc2)c(Cl)c1. The number of benzene rings is 1. The highest BCUT2D eigenvalue weighted by atomic mass is 35.5. The Morgan fingerprint density at radius 2 is 1.86 bits per heavy atom. The molecule has 6 nitrogen and oxygen atoms in total. The van der Waals surface area contributed by atoms with Crippen molar-refractivity contribution < 1.29 is 9.59 Å². The summed E-state index contributed by atoms with van der Waals surface area (Å²) in [6.45, 7) is 0.240. The van der Waals surface area contributed by atoms with E-state index in [2.05, 4.69) is 15.6 Å². The van der Waals surface area contributed by atoms with Gasteiger partial charge in [-0.25, -0.2) is 0 Å². The van der Waals surface area contributed by atoms with Crippen LogP contribution in [0.1, 0.15) is 5.56 Å². The van der Waals surface area contributed by atoms with E-state index in [9.17, 15) is 9.59 Å². The lowest BCUT2D eigenvalue weighted by atomic mass is 10.2. The van der Waals surface area contributed by atoms with Gasteiger partial charge in [-0.1, -0.05) is 11.6 Å². The van der Waals surface area contributed by atoms with Crippen molar-refractivity contribution in [3.05, 3.63) is 53.3 Å². The zero-order valence-electron chi connectivity index (χ0n) is 11.0. The summed E-state index contributed by atoms with van der Waals surface area (Å²) in [5.74, 6) is -1.55. The second-order valence-electron chi connectivity index (χ2n) is 4.23. The number of rotatable bonds is 3. The number of pyridine rings is 1. The van der Waals surface area contributed by atoms with Gasteiger partial charge >= 0.3 is 11.8 Å². The number of amides is 2. The molecule has 0 atom stereocenters. The molecule has 1 heterocycles. The van der Waals surface area contributed by atoms with Gasteiger partial charge in [0.15, 0.2) is 0 Å². The molecule has 0 bridgehead atoms. The summed E-state index contributed by atoms with van der Waals surface area (Å²) in [5.41, 5.74) is 7.19. The van der Waals surface area contributed by atoms with E-state index in [-0.39, 0.29) is 11.6 Å². The molecule has 1 aromatic carbocycles. The third-order valence-corrected chi connectivity index (χ3v) is 2.96. The largest absolute Gasteiger partial charge is 0.399 e. The number of anilines is 2. The fourth-order valence-electron chi connectivity index (χ4n) is 1.58. The molecule has 0 aliphatic heterocycles. The van der Waals surface area contributed by atoms with Crippen LogP contribution in [-0.4, -0.2) is 16.8 Å². The fourth-order valence-corrected chi connectivity index (χ4v) is 1.81. The van der Waals surface area contributed by atoms with Gasteiger partial charge in [-0.2, -0.15) is 0 Å². The van der Waals surface area contributed by atoms with E-state index in [4.69, 9.17) is 17.3 Å². The van der Waals surface area contributed by atoms with Gasteiger partial charge in [-0.15, -0.1) is 0 Å². The first-order valence-electron chi connectivity index (χ1n) is 6.09. The Morgan fingerprint density at radius 3 is 2.52 bits per heavy atom. The van der Waals surface area contributed by atoms with Gasteiger partial charge in [0, 0.05) is 24.6 Å². The summed E-state index contributed by atoms with van der Waals surface area (Å²) in [5, 5.41) is 5.19. The molecule has 0 saturated carbocycles. The van der Waals surface area contributed by atoms with Crippen LogP contribution in [0.5, 0.6) is 0 Å². The second-order valence-corrected chi connectivity index (χ2v) is 4.64. The van der Waals surface area contributed by atoms with Crippen LogP contribution < -0.4 is 16.4 Å². The molecule has 0 spiro atoms. The first-order chi connectivity index (χ1) is 10.1. The summed E-state index contributed by atoms with van der Waals surface area (Å²) in [6, 6.07) is 8.10. The predicted molar refractivity (Wildman–Crippen MR) is 80.6 cm³/mol. The molecule has 0 unspecified atom stereocenters. The molecule has 0 fully saturated rings. The van der Waals surface area contributed by atoms with Gasteiger partial charge in [0.1, 0.15) is 0 Å². The van der Waals surface area contributed by atoms with Gasteiger partial charge in [-0.3, -0.25) is 14.6 Å². The molecule has 4 N–H and O–H groups in total. The monoisotopic (exact) mass is 304 g/mol. The fraction of sp³-hybridized carbons (Fsp3) is 0.0714. The normalized spacial score (nSPS) is 9.95. The van der Waals surface area contributed by atoms with Gasteiger partial charge < -0.3 is 16.4 Å². The molecule has 0 aliphatic carbocycles. The van der Waals surface area contributed by atoms with E-state index in [0.717, 1.165) is 5.56 Å². The van der Waals surface area contributed by atoms with Crippen molar-refractivity contribution in [2.45, 2.75) is 6.54 Å². The average molecular weight is 305 g/mol. The van der Waals surface area contributed by atoms with E-state index in [1.807, 2.05) is 0 Å². The minimum Gasteiger partial charge on any atom is -0.399 e. The number of hydrogen-bond donors (Lipinski definition) is 3. The standard InChI is InChI=1S/C14H13ClN4O2/c15-11-7-10(16)1-2-12(11)19-14(21)13(20)18-8-9-3-5-17-6-4-9/h1-7H,8,16H2,(H,18,20)(H,19,21). The molecular formula is C14H13ClN4O2. The Bertz CT molecular complexity index is 661. The lowest BCUT2D eigenvalue weighted by Gasteiger charge is -2.08. The summed E-state index contributed by atoms with van der Waals surface area (Å²) in [7, 11) is 0. The third kappa shape index (κ3) is 4.19. The number of nitrogens with zero attached hydrogens (tertiary/aromatic N) is 1. The average Bonchev–Trinajstić information content (AvgIpc) is 2.48. The van der Waals surface area contributed by atoms with Crippen LogP contribution in [0.15, 0.2) is 42.7 Å². The Kier molecular flexibility index (Phi) is 4.73. The molecule has 2 amide bonds. The highest BCUT2D eigenvalue weighted by Gasteiger charge is 2.14. The molecule has 2 rings (SSSR count). The Balaban J connectivity index is 1.92. The summed E-state index contributed by atoms with van der Waals surface area (Å²) in [6.07, 6.45) is 3.21. The van der Waals surface area contributed by atoms with E-state index >= 15 is 0 Å². The molecule has 2 aromatic rings. The zero-order valence-corrected chi connectivity index (χ0v) is 11.7. The molecule has 0 radical (unpaired) electrons. The van der Waals surface area contributed by atoms with Crippen molar-refractivity contribution >= 4 is 34.8 Å². The van der Waals surface area contributed by atoms with E-state index in [1.165, 1.54) is 12.1 Å². The summed E-state index contributed by atoms with van der Waals surface area (Å²) in [4.78, 5) is 27.3. The number of hydrogen-bond acceptors (Lipinski definition) is 4. The van der Waals surface area contributed by atoms with Crippen LogP contribution >= 0.6 is 11.6 Å². The second kappa shape index (κ2) is 6.71. The van der Waals surface area contributed by atoms with Gasteiger partial charge in [-0.05, 0) is 35.9 Å². The lowest BCUT2D eigenvalue weighted by Crippen LogP contribution is -2.35. The lowest BCUT2D eigenvalue weighted by molar-refractivity contribution is -0.136. The van der Waals surface area contributed by atoms with Crippen molar-refractivity contribution in [2.24, 2.45) is 0 Å². The number of carbonyl (C=O) groups is 2. The van der Waals surface area contributed by atoms with Gasteiger partial charge in [0.25, 0.3) is 0 Å². The van der Waals surface area contributed by atoms with E-state index in [1.54, 1.807) is 30.6 Å². The number of aromatic nitrogens is 1. The maximum atomic E-state index is 11.7. The minimum atomic E-state index is -0.796. The van der Waals surface area contributed by atoms with Crippen LogP contribution in [-0.2, 0) is 16.1 Å². The van der Waals surface area contributed by atoms with Gasteiger partial charge in [0.2, 0.25) is 0 Å². The molecule has 0 aliphatic rings. The highest BCUT2D eigenvalue weighted by molar-refractivity contribution is 6.41. The van der Waals surface area contributed by atoms with E-state index in [0.29, 0.717) is 11.4 Å². The summed E-state index contributed by atoms with van der Waals surface area (Å²) >= 11 is 5.92. The molecule has 108 valence electrons. The first kappa shape index (κ1) is 14.8. The van der Waals surface area contributed by atoms with Crippen molar-refractivity contribution in [1.82, 2.24) is 10.3 Å². The van der Waals surface area contributed by atoms with Crippen molar-refractivity contribution in [2.75, 3.05) is 11.1 Å². The van der Waals surface area contributed by atoms with Crippen molar-refractivity contribution in [3.8, 4) is 0 Å². The predicted octanol–water partition coefficient (Wildman–Crippen LogP) is 1.57. The molecule has 1 aromatic heterocycles. The number of carbonyl (C=O) groups excluding carboxylic acids is 2. The molecular weight excluding hydrogens is 292 g/mol. The van der Waals surface area contributed by atoms with Crippen LogP contribution in [0, 0.1) is 0 Å². The van der Waals surface area contributed by atoms with Crippen LogP contribution in [0.4, 0.5) is 11.4 Å². The maximum absolute atomic E-state index is 11.7. The number of nitrogens with two attached hydrogens (primary N) is 1. The molecule has 0 saturated heterocycles. The number of nitrogen functional groups attached to an aromatic ring is 1. The third-order valence-electron chi connectivity index (χ3n) is 2.65. The van der Waals surface area contributed by atoms with Crippen LogP contribution in [0.2, 0.25) is 5.02 Å². The Labute approximate surface area is 126 Å². The molecule has 21 heavy (non-hydrogen) atoms. The zero-order chi connectivity index (χ0) is 15.2. The molecule has 7 heteroatoms. The number of nitrogens with one attached hydrogen (secondary N) is 2. The smallest absolute Gasteiger partial charge is 0.313 e. The minimum absolute atomic E-state index is 0.240. The summed E-state index contributed by atoms with van der Waals surface area (Å²) < 4.78 is 0. The first-order valence-corrected chi connectivity index (χ1v) is 6.47. The van der Waals surface area contributed by atoms with Gasteiger partial charge in [0.05, 0.1) is 10.7 Å². The topological polar surface area (TPSA) is 97.1 Å². The van der Waals surface area contributed by atoms with Crippen molar-refractivity contribution in [1.29, 1.82) is 0 Å².